The summed E-state index contributed by atoms with van der Waals surface area (Å²) >= 11 is 0. The molecular weight excluding hydrogens is 206 g/mol. The Hall–Kier alpha value is -1.84. The van der Waals surface area contributed by atoms with Crippen LogP contribution in [-0.2, 0) is 16.1 Å². The molecule has 1 amide bonds. The first kappa shape index (κ1) is 10.7. The van der Waals surface area contributed by atoms with Crippen molar-refractivity contribution in [1.82, 2.24) is 4.90 Å². The number of nitrogens with zero attached hydrogens (tertiary/aromatic N) is 1. The number of rotatable bonds is 3. The van der Waals surface area contributed by atoms with E-state index in [1.807, 2.05) is 31.2 Å². The fourth-order valence-corrected chi connectivity index (χ4v) is 1.76. The molecule has 1 aliphatic rings. The van der Waals surface area contributed by atoms with Crippen molar-refractivity contribution in [2.24, 2.45) is 0 Å². The Bertz CT molecular complexity index is 424. The van der Waals surface area contributed by atoms with Gasteiger partial charge in [0.15, 0.2) is 0 Å². The highest BCUT2D eigenvalue weighted by molar-refractivity contribution is 5.94. The zero-order chi connectivity index (χ0) is 11.7. The molecule has 0 bridgehead atoms. The number of amides is 1. The number of carboxylic acid groups (broad SMARTS) is 1. The van der Waals surface area contributed by atoms with Crippen molar-refractivity contribution in [2.45, 2.75) is 25.9 Å². The van der Waals surface area contributed by atoms with Gasteiger partial charge in [-0.15, -0.1) is 0 Å². The fourth-order valence-electron chi connectivity index (χ4n) is 1.76. The second-order valence-electron chi connectivity index (χ2n) is 4.07. The van der Waals surface area contributed by atoms with Crippen molar-refractivity contribution < 1.29 is 14.7 Å². The minimum atomic E-state index is -0.924. The van der Waals surface area contributed by atoms with Crippen molar-refractivity contribution in [3.8, 4) is 0 Å². The molecule has 0 aliphatic carbocycles. The van der Waals surface area contributed by atoms with Crippen molar-refractivity contribution in [3.63, 3.8) is 0 Å². The highest BCUT2D eigenvalue weighted by Crippen LogP contribution is 2.22. The van der Waals surface area contributed by atoms with E-state index in [1.165, 1.54) is 4.90 Å². The quantitative estimate of drug-likeness (QED) is 0.776. The topological polar surface area (TPSA) is 57.6 Å². The smallest absolute Gasteiger partial charge is 0.326 e. The van der Waals surface area contributed by atoms with Gasteiger partial charge in [0.2, 0.25) is 5.91 Å². The van der Waals surface area contributed by atoms with E-state index in [-0.39, 0.29) is 12.3 Å². The van der Waals surface area contributed by atoms with Gasteiger partial charge < -0.3 is 10.0 Å². The highest BCUT2D eigenvalue weighted by atomic mass is 16.4. The van der Waals surface area contributed by atoms with Gasteiger partial charge in [0, 0.05) is 6.54 Å². The van der Waals surface area contributed by atoms with Gasteiger partial charge in [0.1, 0.15) is 6.04 Å². The molecular formula is C12H13NO3. The molecule has 1 aliphatic heterocycles. The predicted octanol–water partition coefficient (Wildman–Crippen LogP) is 1.18. The summed E-state index contributed by atoms with van der Waals surface area (Å²) in [6.45, 7) is 2.37. The Morgan fingerprint density at radius 3 is 2.56 bits per heavy atom. The Kier molecular flexibility index (Phi) is 2.64. The fraction of sp³-hybridized carbons (Fsp3) is 0.333. The van der Waals surface area contributed by atoms with Crippen LogP contribution in [0.25, 0.3) is 0 Å². The summed E-state index contributed by atoms with van der Waals surface area (Å²) < 4.78 is 0. The van der Waals surface area contributed by atoms with Crippen LogP contribution in [0.2, 0.25) is 0 Å². The maximum atomic E-state index is 11.3. The van der Waals surface area contributed by atoms with Crippen molar-refractivity contribution in [1.29, 1.82) is 0 Å². The monoisotopic (exact) mass is 219 g/mol. The zero-order valence-corrected chi connectivity index (χ0v) is 9.01. The summed E-state index contributed by atoms with van der Waals surface area (Å²) in [5.41, 5.74) is 2.11. The molecule has 1 fully saturated rings. The van der Waals surface area contributed by atoms with Crippen LogP contribution in [0.1, 0.15) is 17.5 Å². The number of carboxylic acids is 1. The molecule has 84 valence electrons. The summed E-state index contributed by atoms with van der Waals surface area (Å²) in [7, 11) is 0. The lowest BCUT2D eigenvalue weighted by Gasteiger charge is -2.37. The van der Waals surface area contributed by atoms with E-state index in [9.17, 15) is 9.59 Å². The molecule has 1 aromatic carbocycles. The van der Waals surface area contributed by atoms with E-state index in [2.05, 4.69) is 0 Å². The number of β-lactam (4-membered cyclic amide) rings is 1. The number of benzene rings is 1. The summed E-state index contributed by atoms with van der Waals surface area (Å²) in [4.78, 5) is 23.5. The first-order valence-electron chi connectivity index (χ1n) is 5.16. The van der Waals surface area contributed by atoms with Gasteiger partial charge in [0.25, 0.3) is 0 Å². The molecule has 4 nitrogen and oxygen atoms in total. The molecule has 1 aromatic rings. The number of carbonyl (C=O) groups excluding carboxylic acids is 1. The molecule has 4 heteroatoms. The van der Waals surface area contributed by atoms with Crippen LogP contribution in [0, 0.1) is 6.92 Å². The summed E-state index contributed by atoms with van der Waals surface area (Å²) in [6.07, 6.45) is 0.126. The lowest BCUT2D eigenvalue weighted by molar-refractivity contribution is -0.162. The summed E-state index contributed by atoms with van der Waals surface area (Å²) in [6, 6.07) is 7.10. The molecule has 0 saturated carbocycles. The molecule has 1 saturated heterocycles. The Morgan fingerprint density at radius 1 is 1.44 bits per heavy atom. The first-order chi connectivity index (χ1) is 7.58. The molecule has 1 atom stereocenters. The van der Waals surface area contributed by atoms with Gasteiger partial charge >= 0.3 is 5.97 Å². The van der Waals surface area contributed by atoms with Crippen molar-refractivity contribution in [2.75, 3.05) is 0 Å². The number of hydrogen-bond acceptors (Lipinski definition) is 2. The third-order valence-electron chi connectivity index (χ3n) is 2.82. The first-order valence-corrected chi connectivity index (χ1v) is 5.16. The van der Waals surface area contributed by atoms with Crippen molar-refractivity contribution >= 4 is 11.9 Å². The van der Waals surface area contributed by atoms with Crippen LogP contribution in [0.5, 0.6) is 0 Å². The predicted molar refractivity (Wildman–Crippen MR) is 57.8 cm³/mol. The van der Waals surface area contributed by atoms with Gasteiger partial charge in [-0.1, -0.05) is 29.8 Å². The standard InChI is InChI=1S/C12H13NO3/c1-8-2-4-9(5-3-8)7-13-10(12(15)16)6-11(13)14/h2-5,10H,6-7H2,1H3,(H,15,16)/t10-/m1/s1. The molecule has 0 radical (unpaired) electrons. The number of carbonyl (C=O) groups is 2. The third-order valence-corrected chi connectivity index (χ3v) is 2.82. The van der Waals surface area contributed by atoms with Crippen LogP contribution < -0.4 is 0 Å². The van der Waals surface area contributed by atoms with E-state index in [4.69, 9.17) is 5.11 Å². The molecule has 1 N–H and O–H groups in total. The van der Waals surface area contributed by atoms with Gasteiger partial charge in [-0.05, 0) is 12.5 Å². The van der Waals surface area contributed by atoms with Crippen molar-refractivity contribution in [3.05, 3.63) is 35.4 Å². The SMILES string of the molecule is Cc1ccc(CN2C(=O)C[C@@H]2C(=O)O)cc1. The minimum Gasteiger partial charge on any atom is -0.480 e. The van der Waals surface area contributed by atoms with Crippen LogP contribution in [0.4, 0.5) is 0 Å². The Morgan fingerprint density at radius 2 is 2.06 bits per heavy atom. The van der Waals surface area contributed by atoms with E-state index in [1.54, 1.807) is 0 Å². The maximum absolute atomic E-state index is 11.3. The van der Waals surface area contributed by atoms with E-state index in [0.29, 0.717) is 6.54 Å². The van der Waals surface area contributed by atoms with E-state index >= 15 is 0 Å². The van der Waals surface area contributed by atoms with Gasteiger partial charge in [0.05, 0.1) is 6.42 Å². The molecule has 2 rings (SSSR count). The summed E-state index contributed by atoms with van der Waals surface area (Å²) in [5, 5.41) is 8.85. The number of likely N-dealkylation sites (tertiary alicyclic amines) is 1. The van der Waals surface area contributed by atoms with Crippen LogP contribution in [0.15, 0.2) is 24.3 Å². The van der Waals surface area contributed by atoms with Crippen LogP contribution >= 0.6 is 0 Å². The molecule has 0 unspecified atom stereocenters. The lowest BCUT2D eigenvalue weighted by Crippen LogP contribution is -2.55. The number of hydrogen-bond donors (Lipinski definition) is 1. The Balaban J connectivity index is 2.06. The average molecular weight is 219 g/mol. The molecule has 0 spiro atoms. The number of aryl methyl sites for hydroxylation is 1. The normalized spacial score (nSPS) is 19.4. The minimum absolute atomic E-state index is 0.0898. The van der Waals surface area contributed by atoms with Crippen LogP contribution in [0.3, 0.4) is 0 Å². The average Bonchev–Trinajstić information content (AvgIpc) is 2.24. The third kappa shape index (κ3) is 1.91. The maximum Gasteiger partial charge on any atom is 0.326 e. The zero-order valence-electron chi connectivity index (χ0n) is 9.01. The number of aliphatic carboxylic acids is 1. The highest BCUT2D eigenvalue weighted by Gasteiger charge is 2.40. The molecule has 16 heavy (non-hydrogen) atoms. The van der Waals surface area contributed by atoms with Crippen LogP contribution in [-0.4, -0.2) is 27.9 Å². The molecule has 1 heterocycles. The van der Waals surface area contributed by atoms with Gasteiger partial charge in [-0.3, -0.25) is 4.79 Å². The largest absolute Gasteiger partial charge is 0.480 e. The summed E-state index contributed by atoms with van der Waals surface area (Å²) in [5.74, 6) is -1.01. The van der Waals surface area contributed by atoms with Gasteiger partial charge in [-0.2, -0.15) is 0 Å². The Labute approximate surface area is 93.5 Å². The second-order valence-corrected chi connectivity index (χ2v) is 4.07. The molecule has 0 aromatic heterocycles. The van der Waals surface area contributed by atoms with E-state index < -0.39 is 12.0 Å². The van der Waals surface area contributed by atoms with E-state index in [0.717, 1.165) is 11.1 Å². The van der Waals surface area contributed by atoms with Gasteiger partial charge in [-0.25, -0.2) is 4.79 Å². The second kappa shape index (κ2) is 3.96. The lowest BCUT2D eigenvalue weighted by atomic mass is 10.0.